The lowest BCUT2D eigenvalue weighted by Gasteiger charge is -2.02. The molecule has 0 unspecified atom stereocenters. The van der Waals surface area contributed by atoms with Crippen LogP contribution in [0.2, 0.25) is 0 Å². The maximum Gasteiger partial charge on any atom is 0.413 e. The second-order valence-electron chi connectivity index (χ2n) is 4.10. The van der Waals surface area contributed by atoms with Gasteiger partial charge in [-0.3, -0.25) is 5.32 Å². The summed E-state index contributed by atoms with van der Waals surface area (Å²) in [6.07, 6.45) is -0.601. The van der Waals surface area contributed by atoms with Gasteiger partial charge < -0.3 is 9.47 Å². The molecule has 108 valence electrons. The molecule has 0 aliphatic heterocycles. The van der Waals surface area contributed by atoms with Gasteiger partial charge in [0.2, 0.25) is 4.96 Å². The number of carbonyl (C=O) groups excluding carboxylic acids is 1. The van der Waals surface area contributed by atoms with E-state index in [1.165, 1.54) is 18.4 Å². The Morgan fingerprint density at radius 2 is 2.24 bits per heavy atom. The summed E-state index contributed by atoms with van der Waals surface area (Å²) in [6, 6.07) is 7.65. The van der Waals surface area contributed by atoms with Crippen LogP contribution in [0.4, 0.5) is 10.7 Å². The second kappa shape index (κ2) is 5.41. The Morgan fingerprint density at radius 1 is 1.38 bits per heavy atom. The van der Waals surface area contributed by atoms with Gasteiger partial charge in [-0.2, -0.15) is 4.98 Å². The van der Waals surface area contributed by atoms with Gasteiger partial charge in [-0.05, 0) is 12.1 Å². The quantitative estimate of drug-likeness (QED) is 0.805. The van der Waals surface area contributed by atoms with Crippen LogP contribution in [-0.2, 0) is 4.74 Å². The van der Waals surface area contributed by atoms with Crippen molar-refractivity contribution in [3.63, 3.8) is 0 Å². The zero-order valence-electron chi connectivity index (χ0n) is 11.4. The van der Waals surface area contributed by atoms with E-state index in [9.17, 15) is 4.79 Å². The van der Waals surface area contributed by atoms with Crippen LogP contribution in [0.3, 0.4) is 0 Å². The largest absolute Gasteiger partial charge is 0.497 e. The summed E-state index contributed by atoms with van der Waals surface area (Å²) in [4.78, 5) is 16.1. The maximum absolute atomic E-state index is 11.2. The average molecular weight is 304 g/mol. The topological polar surface area (TPSA) is 77.8 Å². The van der Waals surface area contributed by atoms with E-state index in [-0.39, 0.29) is 5.95 Å². The summed E-state index contributed by atoms with van der Waals surface area (Å²) in [6.45, 7) is 0. The number of amides is 1. The van der Waals surface area contributed by atoms with Gasteiger partial charge in [-0.1, -0.05) is 12.1 Å². The van der Waals surface area contributed by atoms with Crippen LogP contribution >= 0.6 is 11.3 Å². The van der Waals surface area contributed by atoms with Crippen LogP contribution in [0.15, 0.2) is 29.6 Å². The number of benzene rings is 1. The standard InChI is InChI=1S/C13H12N4O3S/c1-19-9-5-3-4-8(6-9)10-7-21-12-14-11(16-17(10)12)15-13(18)20-2/h3-7H,1-2H3,(H,15,16,18). The first-order chi connectivity index (χ1) is 10.2. The molecule has 0 atom stereocenters. The van der Waals surface area contributed by atoms with Crippen LogP contribution < -0.4 is 10.1 Å². The third-order valence-electron chi connectivity index (χ3n) is 2.85. The van der Waals surface area contributed by atoms with Gasteiger partial charge in [0.05, 0.1) is 19.9 Å². The van der Waals surface area contributed by atoms with Gasteiger partial charge in [-0.15, -0.1) is 16.4 Å². The molecular formula is C13H12N4O3S. The van der Waals surface area contributed by atoms with Crippen LogP contribution in [0.25, 0.3) is 16.2 Å². The van der Waals surface area contributed by atoms with E-state index < -0.39 is 6.09 Å². The summed E-state index contributed by atoms with van der Waals surface area (Å²) < 4.78 is 11.4. The molecule has 0 aliphatic carbocycles. The molecule has 1 amide bonds. The lowest BCUT2D eigenvalue weighted by molar-refractivity contribution is 0.186. The van der Waals surface area contributed by atoms with Crippen molar-refractivity contribution in [2.24, 2.45) is 0 Å². The first kappa shape index (κ1) is 13.4. The predicted octanol–water partition coefficient (Wildman–Crippen LogP) is 2.64. The average Bonchev–Trinajstić information content (AvgIpc) is 3.06. The molecule has 1 aromatic carbocycles. The molecule has 0 saturated heterocycles. The summed E-state index contributed by atoms with van der Waals surface area (Å²) in [5, 5.41) is 8.65. The highest BCUT2D eigenvalue weighted by Gasteiger charge is 2.13. The van der Waals surface area contributed by atoms with Crippen LogP contribution in [0.5, 0.6) is 5.75 Å². The van der Waals surface area contributed by atoms with Crippen molar-refractivity contribution in [1.29, 1.82) is 0 Å². The summed E-state index contributed by atoms with van der Waals surface area (Å²) >= 11 is 1.43. The molecule has 0 saturated carbocycles. The number of nitrogens with zero attached hydrogens (tertiary/aromatic N) is 3. The Hall–Kier alpha value is -2.61. The number of aromatic nitrogens is 3. The minimum absolute atomic E-state index is 0.206. The Morgan fingerprint density at radius 3 is 3.00 bits per heavy atom. The van der Waals surface area contributed by atoms with E-state index >= 15 is 0 Å². The zero-order chi connectivity index (χ0) is 14.8. The third-order valence-corrected chi connectivity index (χ3v) is 3.66. The van der Waals surface area contributed by atoms with Crippen molar-refractivity contribution in [2.45, 2.75) is 0 Å². The molecule has 21 heavy (non-hydrogen) atoms. The zero-order valence-corrected chi connectivity index (χ0v) is 12.2. The lowest BCUT2D eigenvalue weighted by atomic mass is 10.2. The molecule has 8 heteroatoms. The van der Waals surface area contributed by atoms with Crippen LogP contribution in [0.1, 0.15) is 0 Å². The number of nitrogens with one attached hydrogen (secondary N) is 1. The highest BCUT2D eigenvalue weighted by atomic mass is 32.1. The van der Waals surface area contributed by atoms with E-state index in [4.69, 9.17) is 4.74 Å². The normalized spacial score (nSPS) is 10.6. The molecule has 3 aromatic rings. The number of rotatable bonds is 3. The third kappa shape index (κ3) is 2.52. The number of fused-ring (bicyclic) bond motifs is 1. The Kier molecular flexibility index (Phi) is 3.44. The molecule has 2 aromatic heterocycles. The predicted molar refractivity (Wildman–Crippen MR) is 78.9 cm³/mol. The number of hydrogen-bond acceptors (Lipinski definition) is 6. The number of methoxy groups -OCH3 is 2. The van der Waals surface area contributed by atoms with Gasteiger partial charge in [0.25, 0.3) is 5.95 Å². The molecule has 7 nitrogen and oxygen atoms in total. The fourth-order valence-electron chi connectivity index (χ4n) is 1.86. The number of carbonyl (C=O) groups is 1. The van der Waals surface area contributed by atoms with Crippen molar-refractivity contribution in [1.82, 2.24) is 14.6 Å². The summed E-state index contributed by atoms with van der Waals surface area (Å²) in [7, 11) is 2.91. The van der Waals surface area contributed by atoms with Crippen LogP contribution in [0, 0.1) is 0 Å². The van der Waals surface area contributed by atoms with Gasteiger partial charge in [0.1, 0.15) is 5.75 Å². The highest BCUT2D eigenvalue weighted by molar-refractivity contribution is 7.15. The fraction of sp³-hybridized carbons (Fsp3) is 0.154. The molecule has 2 heterocycles. The van der Waals surface area contributed by atoms with Crippen molar-refractivity contribution in [3.05, 3.63) is 29.6 Å². The van der Waals surface area contributed by atoms with E-state index in [1.54, 1.807) is 11.6 Å². The Balaban J connectivity index is 2.00. The molecule has 0 aliphatic rings. The molecule has 0 radical (unpaired) electrons. The molecule has 3 rings (SSSR count). The van der Waals surface area contributed by atoms with Gasteiger partial charge in [0.15, 0.2) is 0 Å². The minimum Gasteiger partial charge on any atom is -0.497 e. The molecule has 0 bridgehead atoms. The SMILES string of the molecule is COC(=O)Nc1nc2scc(-c3cccc(OC)c3)n2n1. The second-order valence-corrected chi connectivity index (χ2v) is 4.94. The first-order valence-corrected chi connectivity index (χ1v) is 6.93. The van der Waals surface area contributed by atoms with E-state index in [0.29, 0.717) is 4.96 Å². The van der Waals surface area contributed by atoms with E-state index in [0.717, 1.165) is 17.0 Å². The number of ether oxygens (including phenoxy) is 2. The fourth-order valence-corrected chi connectivity index (χ4v) is 2.69. The number of anilines is 1. The monoisotopic (exact) mass is 304 g/mol. The molecule has 0 spiro atoms. The van der Waals surface area contributed by atoms with E-state index in [1.807, 2.05) is 29.6 Å². The van der Waals surface area contributed by atoms with Crippen molar-refractivity contribution in [2.75, 3.05) is 19.5 Å². The number of hydrogen-bond donors (Lipinski definition) is 1. The summed E-state index contributed by atoms with van der Waals surface area (Å²) in [5.74, 6) is 0.970. The minimum atomic E-state index is -0.601. The Bertz CT molecular complexity index is 796. The summed E-state index contributed by atoms with van der Waals surface area (Å²) in [5.41, 5.74) is 1.83. The van der Waals surface area contributed by atoms with Gasteiger partial charge in [-0.25, -0.2) is 9.31 Å². The van der Waals surface area contributed by atoms with Crippen LogP contribution in [-0.4, -0.2) is 34.9 Å². The van der Waals surface area contributed by atoms with Crippen molar-refractivity contribution >= 4 is 28.3 Å². The smallest absolute Gasteiger partial charge is 0.413 e. The highest BCUT2D eigenvalue weighted by Crippen LogP contribution is 2.28. The number of thiazole rings is 1. The van der Waals surface area contributed by atoms with Gasteiger partial charge >= 0.3 is 6.09 Å². The molecule has 0 fully saturated rings. The van der Waals surface area contributed by atoms with Gasteiger partial charge in [0, 0.05) is 10.9 Å². The van der Waals surface area contributed by atoms with E-state index in [2.05, 4.69) is 20.1 Å². The maximum atomic E-state index is 11.2. The lowest BCUT2D eigenvalue weighted by Crippen LogP contribution is -2.12. The first-order valence-electron chi connectivity index (χ1n) is 6.05. The molecule has 1 N–H and O–H groups in total. The Labute approximate surface area is 124 Å². The van der Waals surface area contributed by atoms with Crippen molar-refractivity contribution < 1.29 is 14.3 Å². The molecular weight excluding hydrogens is 292 g/mol. The van der Waals surface area contributed by atoms with Crippen molar-refractivity contribution in [3.8, 4) is 17.0 Å².